The highest BCUT2D eigenvalue weighted by molar-refractivity contribution is 6.30. The number of piperidine rings is 1. The van der Waals surface area contributed by atoms with Crippen molar-refractivity contribution in [3.05, 3.63) is 64.9 Å². The van der Waals surface area contributed by atoms with Gasteiger partial charge < -0.3 is 24.4 Å². The number of carbonyl (C=O) groups excluding carboxylic acids is 1. The molecule has 0 unspecified atom stereocenters. The zero-order valence-corrected chi connectivity index (χ0v) is 21.4. The molecular weight excluding hydrogens is 471 g/mol. The number of rotatable bonds is 8. The highest BCUT2D eigenvalue weighted by Crippen LogP contribution is 2.35. The Hall–Kier alpha value is -2.19. The van der Waals surface area contributed by atoms with E-state index in [9.17, 15) is 9.18 Å². The van der Waals surface area contributed by atoms with Crippen LogP contribution >= 0.6 is 11.6 Å². The molecule has 4 rings (SSSR count). The Bertz CT molecular complexity index is 914. The van der Waals surface area contributed by atoms with Crippen molar-refractivity contribution in [1.29, 1.82) is 0 Å². The Morgan fingerprint density at radius 2 is 1.86 bits per heavy atom. The number of ether oxygens (including phenoxy) is 3. The molecule has 1 N–H and O–H groups in total. The van der Waals surface area contributed by atoms with Gasteiger partial charge in [-0.15, -0.1) is 0 Å². The summed E-state index contributed by atoms with van der Waals surface area (Å²) in [5, 5.41) is 3.96. The standard InChI is InChI=1S/C14H20FNO2.C13H16ClNO2/c1-2-16-9-3-8-14(17-10-11-18-14)12-4-6-13(15)7-5-12;1-10(16)15-7-5-12(6-8-15)17-13-4-2-3-11(14)9-13/h4-7,16H,2-3,8-11H2,1H3;2-4,9,12H,5-8H2,1H3. The highest BCUT2D eigenvalue weighted by atomic mass is 35.5. The Morgan fingerprint density at radius 1 is 1.17 bits per heavy atom. The van der Waals surface area contributed by atoms with E-state index < -0.39 is 5.79 Å². The first-order valence-corrected chi connectivity index (χ1v) is 12.7. The van der Waals surface area contributed by atoms with Crippen LogP contribution in [0.15, 0.2) is 48.5 Å². The first-order chi connectivity index (χ1) is 16.9. The first kappa shape index (κ1) is 27.4. The van der Waals surface area contributed by atoms with Gasteiger partial charge in [-0.1, -0.05) is 36.7 Å². The molecule has 1 amide bonds. The average Bonchev–Trinajstić information content (AvgIpc) is 3.33. The lowest BCUT2D eigenvalue weighted by Crippen LogP contribution is -2.40. The molecule has 2 aliphatic heterocycles. The van der Waals surface area contributed by atoms with Crippen LogP contribution in [0, 0.1) is 5.82 Å². The molecule has 2 heterocycles. The van der Waals surface area contributed by atoms with Crippen molar-refractivity contribution >= 4 is 17.5 Å². The minimum atomic E-state index is -0.677. The predicted molar refractivity (Wildman–Crippen MR) is 135 cm³/mol. The van der Waals surface area contributed by atoms with E-state index in [1.807, 2.05) is 29.2 Å². The lowest BCUT2D eigenvalue weighted by Gasteiger charge is -2.31. The summed E-state index contributed by atoms with van der Waals surface area (Å²) in [5.74, 6) is 0.0351. The Balaban J connectivity index is 0.000000196. The number of carbonyl (C=O) groups is 1. The van der Waals surface area contributed by atoms with Crippen molar-refractivity contribution in [3.8, 4) is 5.75 Å². The second kappa shape index (κ2) is 13.8. The van der Waals surface area contributed by atoms with Crippen LogP contribution in [0.5, 0.6) is 5.75 Å². The number of hydrogen-bond donors (Lipinski definition) is 1. The van der Waals surface area contributed by atoms with Crippen LogP contribution in [0.3, 0.4) is 0 Å². The molecule has 2 aliphatic rings. The van der Waals surface area contributed by atoms with Gasteiger partial charge in [-0.3, -0.25) is 4.79 Å². The predicted octanol–water partition coefficient (Wildman–Crippen LogP) is 5.14. The summed E-state index contributed by atoms with van der Waals surface area (Å²) < 4.78 is 30.3. The lowest BCUT2D eigenvalue weighted by molar-refractivity contribution is -0.171. The number of benzene rings is 2. The van der Waals surface area contributed by atoms with Crippen LogP contribution in [0.2, 0.25) is 5.02 Å². The topological polar surface area (TPSA) is 60.0 Å². The maximum atomic E-state index is 13.0. The third-order valence-electron chi connectivity index (χ3n) is 6.13. The fraction of sp³-hybridized carbons (Fsp3) is 0.519. The van der Waals surface area contributed by atoms with Gasteiger partial charge in [0.1, 0.15) is 17.7 Å². The smallest absolute Gasteiger partial charge is 0.219 e. The van der Waals surface area contributed by atoms with Gasteiger partial charge in [0.05, 0.1) is 13.2 Å². The van der Waals surface area contributed by atoms with Gasteiger partial charge in [0.25, 0.3) is 0 Å². The monoisotopic (exact) mass is 506 g/mol. The van der Waals surface area contributed by atoms with Gasteiger partial charge in [-0.25, -0.2) is 4.39 Å². The normalized spacial score (nSPS) is 17.5. The van der Waals surface area contributed by atoms with Gasteiger partial charge in [-0.05, 0) is 49.8 Å². The summed E-state index contributed by atoms with van der Waals surface area (Å²) in [6.07, 6.45) is 3.69. The van der Waals surface area contributed by atoms with E-state index in [4.69, 9.17) is 25.8 Å². The first-order valence-electron chi connectivity index (χ1n) is 12.3. The van der Waals surface area contributed by atoms with Gasteiger partial charge in [0.15, 0.2) is 5.79 Å². The summed E-state index contributed by atoms with van der Waals surface area (Å²) in [6.45, 7) is 8.34. The van der Waals surface area contributed by atoms with Crippen molar-refractivity contribution in [2.45, 2.75) is 51.4 Å². The van der Waals surface area contributed by atoms with Crippen LogP contribution in [-0.2, 0) is 20.1 Å². The van der Waals surface area contributed by atoms with Crippen molar-refractivity contribution in [1.82, 2.24) is 10.2 Å². The van der Waals surface area contributed by atoms with E-state index in [0.29, 0.717) is 18.2 Å². The van der Waals surface area contributed by atoms with Crippen LogP contribution < -0.4 is 10.1 Å². The summed E-state index contributed by atoms with van der Waals surface area (Å²) in [7, 11) is 0. The van der Waals surface area contributed by atoms with Crippen LogP contribution in [0.4, 0.5) is 4.39 Å². The van der Waals surface area contributed by atoms with Crippen molar-refractivity contribution in [2.75, 3.05) is 39.4 Å². The zero-order chi connectivity index (χ0) is 25.1. The molecule has 0 aliphatic carbocycles. The number of likely N-dealkylation sites (tertiary alicyclic amines) is 1. The van der Waals surface area contributed by atoms with Gasteiger partial charge >= 0.3 is 0 Å². The molecule has 0 aromatic heterocycles. The second-order valence-corrected chi connectivity index (χ2v) is 9.13. The molecule has 2 fully saturated rings. The quantitative estimate of drug-likeness (QED) is 0.502. The van der Waals surface area contributed by atoms with Crippen LogP contribution in [0.25, 0.3) is 0 Å². The van der Waals surface area contributed by atoms with Crippen molar-refractivity contribution in [3.63, 3.8) is 0 Å². The van der Waals surface area contributed by atoms with E-state index in [1.165, 1.54) is 12.1 Å². The SMILES string of the molecule is CC(=O)N1CCC(Oc2cccc(Cl)c2)CC1.CCNCCCC1(c2ccc(F)cc2)OCCO1. The number of halogens is 2. The molecule has 2 saturated heterocycles. The second-order valence-electron chi connectivity index (χ2n) is 8.69. The molecule has 192 valence electrons. The van der Waals surface area contributed by atoms with Gasteiger partial charge in [0.2, 0.25) is 5.91 Å². The maximum absolute atomic E-state index is 13.0. The fourth-order valence-corrected chi connectivity index (χ4v) is 4.44. The molecule has 0 spiro atoms. The Labute approximate surface area is 212 Å². The van der Waals surface area contributed by atoms with Crippen LogP contribution in [-0.4, -0.2) is 56.3 Å². The molecular formula is C27H36ClFN2O4. The zero-order valence-electron chi connectivity index (χ0n) is 20.6. The Kier molecular flexibility index (Phi) is 10.8. The molecule has 6 nitrogen and oxygen atoms in total. The third-order valence-corrected chi connectivity index (χ3v) is 6.37. The molecule has 2 aromatic rings. The molecule has 35 heavy (non-hydrogen) atoms. The van der Waals surface area contributed by atoms with Gasteiger partial charge in [0, 0.05) is 49.9 Å². The molecule has 0 bridgehead atoms. The average molecular weight is 507 g/mol. The highest BCUT2D eigenvalue weighted by Gasteiger charge is 2.37. The van der Waals surface area contributed by atoms with Crippen molar-refractivity contribution in [2.24, 2.45) is 0 Å². The lowest BCUT2D eigenvalue weighted by atomic mass is 10.0. The minimum absolute atomic E-state index is 0.145. The Morgan fingerprint density at radius 3 is 2.46 bits per heavy atom. The summed E-state index contributed by atoms with van der Waals surface area (Å²) in [4.78, 5) is 13.0. The van der Waals surface area contributed by atoms with Crippen LogP contribution in [0.1, 0.15) is 45.1 Å². The fourth-order valence-electron chi connectivity index (χ4n) is 4.26. The number of nitrogens with zero attached hydrogens (tertiary/aromatic N) is 1. The molecule has 0 atom stereocenters. The number of nitrogens with one attached hydrogen (secondary N) is 1. The summed E-state index contributed by atoms with van der Waals surface area (Å²) in [5.41, 5.74) is 0.901. The minimum Gasteiger partial charge on any atom is -0.490 e. The number of amides is 1. The van der Waals surface area contributed by atoms with E-state index in [2.05, 4.69) is 12.2 Å². The third kappa shape index (κ3) is 8.46. The maximum Gasteiger partial charge on any atom is 0.219 e. The number of hydrogen-bond acceptors (Lipinski definition) is 5. The van der Waals surface area contributed by atoms with Crippen molar-refractivity contribution < 1.29 is 23.4 Å². The molecule has 2 aromatic carbocycles. The molecule has 8 heteroatoms. The van der Waals surface area contributed by atoms with E-state index in [1.54, 1.807) is 19.1 Å². The summed E-state index contributed by atoms with van der Waals surface area (Å²) in [6, 6.07) is 13.8. The molecule has 0 radical (unpaired) electrons. The largest absolute Gasteiger partial charge is 0.490 e. The van der Waals surface area contributed by atoms with E-state index in [0.717, 1.165) is 63.2 Å². The van der Waals surface area contributed by atoms with E-state index in [-0.39, 0.29) is 17.8 Å². The van der Waals surface area contributed by atoms with E-state index >= 15 is 0 Å². The van der Waals surface area contributed by atoms with Gasteiger partial charge in [-0.2, -0.15) is 0 Å². The summed E-state index contributed by atoms with van der Waals surface area (Å²) >= 11 is 5.89. The molecule has 0 saturated carbocycles.